The van der Waals surface area contributed by atoms with Crippen molar-refractivity contribution < 1.29 is 4.79 Å². The molecule has 0 aliphatic rings. The van der Waals surface area contributed by atoms with Gasteiger partial charge < -0.3 is 20.1 Å². The molecule has 2 rings (SSSR count). The summed E-state index contributed by atoms with van der Waals surface area (Å²) in [6.45, 7) is 10.4. The fourth-order valence-corrected chi connectivity index (χ4v) is 3.49. The Morgan fingerprint density at radius 1 is 1.12 bits per heavy atom. The summed E-state index contributed by atoms with van der Waals surface area (Å²) in [4.78, 5) is 20.6. The van der Waals surface area contributed by atoms with Crippen LogP contribution in [-0.4, -0.2) is 83.3 Å². The lowest BCUT2D eigenvalue weighted by atomic mass is 10.1. The minimum absolute atomic E-state index is 0.0402. The number of guanidine groups is 1. The van der Waals surface area contributed by atoms with Crippen LogP contribution < -0.4 is 10.6 Å². The molecule has 1 amide bonds. The molecule has 0 saturated carbocycles. The van der Waals surface area contributed by atoms with Crippen molar-refractivity contribution in [3.63, 3.8) is 0 Å². The molecule has 0 spiro atoms. The molecule has 0 fully saturated rings. The number of hydrogen-bond acceptors (Lipinski definition) is 5. The molecule has 0 bridgehead atoms. The molecular weight excluding hydrogens is 404 g/mol. The predicted octanol–water partition coefficient (Wildman–Crippen LogP) is 1.55. The summed E-state index contributed by atoms with van der Waals surface area (Å²) in [6, 6.07) is 10.7. The van der Waals surface area contributed by atoms with Crippen LogP contribution in [0.3, 0.4) is 0 Å². The number of hydrogen-bond donors (Lipinski definition) is 2. The molecule has 0 aliphatic heterocycles. The third kappa shape index (κ3) is 7.64. The lowest BCUT2D eigenvalue weighted by Crippen LogP contribution is -2.44. The van der Waals surface area contributed by atoms with E-state index in [-0.39, 0.29) is 18.5 Å². The van der Waals surface area contributed by atoms with Crippen LogP contribution in [0.15, 0.2) is 41.7 Å². The van der Waals surface area contributed by atoms with E-state index in [9.17, 15) is 4.79 Å². The lowest BCUT2D eigenvalue weighted by molar-refractivity contribution is -0.127. The Kier molecular flexibility index (Phi) is 10.7. The Bertz CT molecular complexity index is 830. The second kappa shape index (κ2) is 13.5. The van der Waals surface area contributed by atoms with Crippen LogP contribution in [-0.2, 0) is 17.8 Å². The van der Waals surface area contributed by atoms with Crippen LogP contribution in [0.2, 0.25) is 0 Å². The van der Waals surface area contributed by atoms with Gasteiger partial charge in [-0.1, -0.05) is 51.1 Å². The Morgan fingerprint density at radius 2 is 1.84 bits per heavy atom. The third-order valence-electron chi connectivity index (χ3n) is 5.43. The van der Waals surface area contributed by atoms with Gasteiger partial charge in [0, 0.05) is 40.2 Å². The van der Waals surface area contributed by atoms with Gasteiger partial charge in [0.1, 0.15) is 18.7 Å². The Labute approximate surface area is 191 Å². The normalized spacial score (nSPS) is 12.6. The first-order valence-electron chi connectivity index (χ1n) is 11.4. The van der Waals surface area contributed by atoms with Crippen LogP contribution in [0.5, 0.6) is 0 Å². The largest absolute Gasteiger partial charge is 0.355 e. The second-order valence-electron chi connectivity index (χ2n) is 7.70. The van der Waals surface area contributed by atoms with E-state index >= 15 is 0 Å². The van der Waals surface area contributed by atoms with Crippen LogP contribution in [0.1, 0.15) is 38.2 Å². The Hall–Kier alpha value is -2.94. The van der Waals surface area contributed by atoms with Gasteiger partial charge in [-0.3, -0.25) is 9.69 Å². The highest BCUT2D eigenvalue weighted by molar-refractivity contribution is 5.84. The molecule has 9 nitrogen and oxygen atoms in total. The zero-order valence-electron chi connectivity index (χ0n) is 20.1. The maximum absolute atomic E-state index is 12.1. The lowest BCUT2D eigenvalue weighted by Gasteiger charge is -2.31. The molecule has 0 aliphatic carbocycles. The van der Waals surface area contributed by atoms with Gasteiger partial charge in [-0.2, -0.15) is 0 Å². The highest BCUT2D eigenvalue weighted by atomic mass is 16.2. The third-order valence-corrected chi connectivity index (χ3v) is 5.43. The van der Waals surface area contributed by atoms with Gasteiger partial charge in [-0.15, -0.1) is 10.2 Å². The van der Waals surface area contributed by atoms with Gasteiger partial charge >= 0.3 is 0 Å². The van der Waals surface area contributed by atoms with E-state index in [4.69, 9.17) is 0 Å². The Balaban J connectivity index is 2.09. The summed E-state index contributed by atoms with van der Waals surface area (Å²) in [5, 5.41) is 14.9. The molecule has 32 heavy (non-hydrogen) atoms. The van der Waals surface area contributed by atoms with Crippen LogP contribution >= 0.6 is 0 Å². The zero-order chi connectivity index (χ0) is 23.3. The first-order valence-corrected chi connectivity index (χ1v) is 11.4. The summed E-state index contributed by atoms with van der Waals surface area (Å²) in [5.41, 5.74) is 1.25. The van der Waals surface area contributed by atoms with Crippen molar-refractivity contribution in [3.8, 4) is 0 Å². The van der Waals surface area contributed by atoms with E-state index < -0.39 is 0 Å². The van der Waals surface area contributed by atoms with Crippen molar-refractivity contribution in [3.05, 3.63) is 48.0 Å². The van der Waals surface area contributed by atoms with Crippen molar-refractivity contribution in [2.45, 2.75) is 39.8 Å². The smallest absolute Gasteiger partial charge is 0.243 e. The molecule has 9 heteroatoms. The topological polar surface area (TPSA) is 90.7 Å². The van der Waals surface area contributed by atoms with Crippen molar-refractivity contribution in [2.24, 2.45) is 4.99 Å². The van der Waals surface area contributed by atoms with Gasteiger partial charge in [-0.25, -0.2) is 4.99 Å². The first-order chi connectivity index (χ1) is 15.5. The number of carbonyl (C=O) groups is 1. The quantitative estimate of drug-likeness (QED) is 0.383. The predicted molar refractivity (Wildman–Crippen MR) is 129 cm³/mol. The summed E-state index contributed by atoms with van der Waals surface area (Å²) < 4.78 is 2.03. The number of rotatable bonds is 12. The molecule has 0 saturated heterocycles. The fraction of sp³-hybridized carbons (Fsp3) is 0.565. The van der Waals surface area contributed by atoms with Gasteiger partial charge in [0.2, 0.25) is 5.91 Å². The van der Waals surface area contributed by atoms with Gasteiger partial charge in [-0.05, 0) is 18.7 Å². The van der Waals surface area contributed by atoms with Gasteiger partial charge in [0.15, 0.2) is 5.96 Å². The number of aliphatic imine (C=N–C) groups is 1. The number of carbonyl (C=O) groups excluding carboxylic acids is 1. The molecule has 1 aromatic heterocycles. The highest BCUT2D eigenvalue weighted by Gasteiger charge is 2.18. The summed E-state index contributed by atoms with van der Waals surface area (Å²) in [5.74, 6) is 1.53. The van der Waals surface area contributed by atoms with E-state index in [2.05, 4.69) is 75.8 Å². The van der Waals surface area contributed by atoms with E-state index in [1.165, 1.54) is 5.56 Å². The van der Waals surface area contributed by atoms with Crippen molar-refractivity contribution in [1.82, 2.24) is 35.2 Å². The van der Waals surface area contributed by atoms with Crippen molar-refractivity contribution in [2.75, 3.05) is 46.8 Å². The summed E-state index contributed by atoms with van der Waals surface area (Å²) >= 11 is 0. The van der Waals surface area contributed by atoms with Crippen LogP contribution in [0, 0.1) is 0 Å². The molecule has 1 heterocycles. The standard InChI is InChI=1S/C23H38N8O/c1-6-21-28-27-18-31(21)15-14-24-23(26-17-22(32)29(4)5)25-16-20(30(7-2)8-3)19-12-10-9-11-13-19/h9-13,18,20H,6-8,14-17H2,1-5H3,(H2,24,25,26). The molecule has 0 radical (unpaired) electrons. The maximum Gasteiger partial charge on any atom is 0.243 e. The number of nitrogens with one attached hydrogen (secondary N) is 2. The molecule has 1 unspecified atom stereocenters. The number of aromatic nitrogens is 3. The number of aryl methyl sites for hydroxylation is 1. The van der Waals surface area contributed by atoms with Crippen LogP contribution in [0.4, 0.5) is 0 Å². The SMILES string of the molecule is CCc1nncn1CCNC(=NCC(=O)N(C)C)NCC(c1ccccc1)N(CC)CC. The molecule has 1 atom stereocenters. The monoisotopic (exact) mass is 442 g/mol. The fourth-order valence-electron chi connectivity index (χ4n) is 3.49. The average Bonchev–Trinajstić information content (AvgIpc) is 3.27. The number of nitrogens with zero attached hydrogens (tertiary/aromatic N) is 6. The van der Waals surface area contributed by atoms with Gasteiger partial charge in [0.25, 0.3) is 0 Å². The number of amides is 1. The van der Waals surface area contributed by atoms with E-state index in [0.717, 1.165) is 31.9 Å². The van der Waals surface area contributed by atoms with Crippen molar-refractivity contribution in [1.29, 1.82) is 0 Å². The second-order valence-corrected chi connectivity index (χ2v) is 7.70. The molecular formula is C23H38N8O. The average molecular weight is 443 g/mol. The maximum atomic E-state index is 12.1. The van der Waals surface area contributed by atoms with Crippen LogP contribution in [0.25, 0.3) is 0 Å². The highest BCUT2D eigenvalue weighted by Crippen LogP contribution is 2.19. The van der Waals surface area contributed by atoms with E-state index in [1.54, 1.807) is 25.3 Å². The summed E-state index contributed by atoms with van der Waals surface area (Å²) in [7, 11) is 3.48. The minimum Gasteiger partial charge on any atom is -0.355 e. The number of benzene rings is 1. The van der Waals surface area contributed by atoms with E-state index in [0.29, 0.717) is 19.0 Å². The molecule has 1 aromatic carbocycles. The molecule has 2 N–H and O–H groups in total. The molecule has 176 valence electrons. The Morgan fingerprint density at radius 3 is 2.47 bits per heavy atom. The van der Waals surface area contributed by atoms with Crippen molar-refractivity contribution >= 4 is 11.9 Å². The number of likely N-dealkylation sites (N-methyl/N-ethyl adjacent to an activating group) is 2. The zero-order valence-corrected chi connectivity index (χ0v) is 20.1. The summed E-state index contributed by atoms with van der Waals surface area (Å²) in [6.07, 6.45) is 2.57. The molecule has 2 aromatic rings. The van der Waals surface area contributed by atoms with Gasteiger partial charge in [0.05, 0.1) is 6.04 Å². The minimum atomic E-state index is -0.0402. The first kappa shape index (κ1) is 25.3. The van der Waals surface area contributed by atoms with E-state index in [1.807, 2.05) is 10.6 Å².